The van der Waals surface area contributed by atoms with Gasteiger partial charge in [-0.1, -0.05) is 64.5 Å². The van der Waals surface area contributed by atoms with Crippen LogP contribution in [0, 0.1) is 0 Å². The Hall–Kier alpha value is -0.650. The van der Waals surface area contributed by atoms with Crippen LogP contribution in [0.5, 0.6) is 0 Å². The average Bonchev–Trinajstić information content (AvgIpc) is 2.72. The van der Waals surface area contributed by atoms with Gasteiger partial charge in [0.15, 0.2) is 0 Å². The van der Waals surface area contributed by atoms with Crippen LogP contribution in [0.1, 0.15) is 92.4 Å². The fourth-order valence-electron chi connectivity index (χ4n) is 2.52. The molecule has 176 valence electrons. The average molecular weight is 448 g/mol. The highest BCUT2D eigenvalue weighted by molar-refractivity contribution is 7.65. The molecule has 0 aromatic rings. The first-order valence-electron chi connectivity index (χ1n) is 11.6. The molecule has 0 aromatic carbocycles. The van der Waals surface area contributed by atoms with Crippen LogP contribution in [0.3, 0.4) is 0 Å². The molecule has 0 fully saturated rings. The van der Waals surface area contributed by atoms with Crippen molar-refractivity contribution >= 4 is 13.3 Å². The molecule has 0 amide bonds. The Balaban J connectivity index is 5.67. The third-order valence-electron chi connectivity index (χ3n) is 4.52. The molecule has 0 rings (SSSR count). The third kappa shape index (κ3) is 12.3. The van der Waals surface area contributed by atoms with Gasteiger partial charge in [-0.15, -0.1) is 0 Å². The van der Waals surface area contributed by atoms with Crippen molar-refractivity contribution in [3.05, 3.63) is 12.2 Å². The number of hydrogen-bond donors (Lipinski definition) is 0. The summed E-state index contributed by atoms with van der Waals surface area (Å²) >= 11 is 0. The van der Waals surface area contributed by atoms with E-state index in [2.05, 4.69) is 34.3 Å². The molecule has 0 bridgehead atoms. The Labute approximate surface area is 184 Å². The van der Waals surface area contributed by atoms with Gasteiger partial charge in [0, 0.05) is 5.57 Å². The SMILES string of the molecule is C=C(C)C(=O)[P+](=O)C(CC(OCCCC)(OCCCC)OCCCC)OCCCC. The molecule has 7 heteroatoms. The van der Waals surface area contributed by atoms with Gasteiger partial charge in [0.1, 0.15) is 6.42 Å². The predicted molar refractivity (Wildman–Crippen MR) is 122 cm³/mol. The third-order valence-corrected chi connectivity index (χ3v) is 6.16. The van der Waals surface area contributed by atoms with Gasteiger partial charge in [-0.25, -0.2) is 4.79 Å². The summed E-state index contributed by atoms with van der Waals surface area (Å²) in [6, 6.07) is 0. The smallest absolute Gasteiger partial charge is 0.334 e. The summed E-state index contributed by atoms with van der Waals surface area (Å²) in [4.78, 5) is 12.4. The number of hydrogen-bond acceptors (Lipinski definition) is 6. The van der Waals surface area contributed by atoms with Crippen LogP contribution in [-0.4, -0.2) is 43.8 Å². The zero-order valence-corrected chi connectivity index (χ0v) is 20.8. The lowest BCUT2D eigenvalue weighted by atomic mass is 10.3. The number of rotatable bonds is 21. The maximum atomic E-state index is 13.0. The van der Waals surface area contributed by atoms with Crippen molar-refractivity contribution in [2.75, 3.05) is 26.4 Å². The number of allylic oxidation sites excluding steroid dienone is 1. The van der Waals surface area contributed by atoms with Gasteiger partial charge in [-0.05, 0) is 32.6 Å². The van der Waals surface area contributed by atoms with E-state index in [9.17, 15) is 9.36 Å². The second kappa shape index (κ2) is 18.0. The summed E-state index contributed by atoms with van der Waals surface area (Å²) in [6.07, 6.45) is 7.32. The van der Waals surface area contributed by atoms with Crippen LogP contribution in [0.4, 0.5) is 0 Å². The second-order valence-corrected chi connectivity index (χ2v) is 9.22. The lowest BCUT2D eigenvalue weighted by Gasteiger charge is -2.34. The first kappa shape index (κ1) is 29.4. The fourth-order valence-corrected chi connectivity index (χ4v) is 3.79. The maximum absolute atomic E-state index is 13.0. The zero-order chi connectivity index (χ0) is 22.8. The maximum Gasteiger partial charge on any atom is 0.451 e. The monoisotopic (exact) mass is 447 g/mol. The van der Waals surface area contributed by atoms with Gasteiger partial charge in [0.05, 0.1) is 26.4 Å². The zero-order valence-electron chi connectivity index (χ0n) is 19.9. The first-order chi connectivity index (χ1) is 14.4. The summed E-state index contributed by atoms with van der Waals surface area (Å²) in [5.74, 6) is -2.21. The van der Waals surface area contributed by atoms with Crippen molar-refractivity contribution in [2.24, 2.45) is 0 Å². The highest BCUT2D eigenvalue weighted by Crippen LogP contribution is 2.39. The highest BCUT2D eigenvalue weighted by atomic mass is 31.1. The van der Waals surface area contributed by atoms with Crippen molar-refractivity contribution < 1.29 is 28.3 Å². The molecule has 0 radical (unpaired) electrons. The van der Waals surface area contributed by atoms with Gasteiger partial charge in [0.25, 0.3) is 11.8 Å². The summed E-state index contributed by atoms with van der Waals surface area (Å²) in [6.45, 7) is 15.3. The molecule has 30 heavy (non-hydrogen) atoms. The normalized spacial score (nSPS) is 13.3. The molecule has 0 aliphatic carbocycles. The minimum Gasteiger partial charge on any atom is -0.334 e. The Morgan fingerprint density at radius 2 is 1.23 bits per heavy atom. The van der Waals surface area contributed by atoms with E-state index in [4.69, 9.17) is 18.9 Å². The number of carbonyl (C=O) groups is 1. The van der Waals surface area contributed by atoms with Crippen LogP contribution in [0.2, 0.25) is 0 Å². The molecule has 0 aliphatic heterocycles. The Morgan fingerprint density at radius 3 is 1.60 bits per heavy atom. The molecule has 2 atom stereocenters. The van der Waals surface area contributed by atoms with Gasteiger partial charge in [-0.3, -0.25) is 0 Å². The van der Waals surface area contributed by atoms with Crippen LogP contribution in [-0.2, 0) is 28.3 Å². The largest absolute Gasteiger partial charge is 0.451 e. The van der Waals surface area contributed by atoms with Gasteiger partial charge >= 0.3 is 13.3 Å². The summed E-state index contributed by atoms with van der Waals surface area (Å²) in [5, 5.41) is 0. The number of unbranched alkanes of at least 4 members (excludes halogenated alkanes) is 4. The van der Waals surface area contributed by atoms with Crippen LogP contribution in [0.25, 0.3) is 0 Å². The predicted octanol–water partition coefficient (Wildman–Crippen LogP) is 6.55. The van der Waals surface area contributed by atoms with E-state index in [1.165, 1.54) is 0 Å². The Morgan fingerprint density at radius 1 is 0.833 bits per heavy atom. The van der Waals surface area contributed by atoms with Crippen molar-refractivity contribution in [3.63, 3.8) is 0 Å². The van der Waals surface area contributed by atoms with E-state index in [1.807, 2.05) is 0 Å². The lowest BCUT2D eigenvalue weighted by Crippen LogP contribution is -2.43. The molecular weight excluding hydrogens is 403 g/mol. The molecule has 0 heterocycles. The second-order valence-electron chi connectivity index (χ2n) is 7.58. The highest BCUT2D eigenvalue weighted by Gasteiger charge is 2.48. The van der Waals surface area contributed by atoms with Gasteiger partial charge < -0.3 is 18.9 Å². The fraction of sp³-hybridized carbons (Fsp3) is 0.870. The molecule has 0 N–H and O–H groups in total. The van der Waals surface area contributed by atoms with E-state index < -0.39 is 25.1 Å². The van der Waals surface area contributed by atoms with Crippen LogP contribution >= 0.6 is 7.80 Å². The van der Waals surface area contributed by atoms with Crippen molar-refractivity contribution in [1.82, 2.24) is 0 Å². The molecule has 0 saturated heterocycles. The quantitative estimate of drug-likeness (QED) is 0.0859. The van der Waals surface area contributed by atoms with Crippen molar-refractivity contribution in [2.45, 2.75) is 104 Å². The molecule has 0 aliphatic rings. The summed E-state index contributed by atoms with van der Waals surface area (Å²) < 4.78 is 37.2. The topological polar surface area (TPSA) is 71.1 Å². The summed E-state index contributed by atoms with van der Waals surface area (Å²) in [5.41, 5.74) is -0.215. The van der Waals surface area contributed by atoms with Gasteiger partial charge in [-0.2, -0.15) is 0 Å². The van der Waals surface area contributed by atoms with Crippen molar-refractivity contribution in [1.29, 1.82) is 0 Å². The van der Waals surface area contributed by atoms with Crippen LogP contribution in [0.15, 0.2) is 12.2 Å². The van der Waals surface area contributed by atoms with Crippen molar-refractivity contribution in [3.8, 4) is 0 Å². The number of ether oxygens (including phenoxy) is 4. The minimum absolute atomic E-state index is 0.0854. The Bertz CT molecular complexity index is 468. The first-order valence-corrected chi connectivity index (χ1v) is 12.9. The Kier molecular flexibility index (Phi) is 17.6. The van der Waals surface area contributed by atoms with Crippen LogP contribution < -0.4 is 0 Å². The molecule has 2 unspecified atom stereocenters. The minimum atomic E-state index is -2.33. The molecule has 6 nitrogen and oxygen atoms in total. The molecular formula is C23H44O6P+. The van der Waals surface area contributed by atoms with E-state index in [-0.39, 0.29) is 12.0 Å². The standard InChI is InChI=1S/C23H44O6P/c1-7-11-15-26-21(30(25)22(24)20(5)6)19-23(27-16-12-8-2,28-17-13-9-3)29-18-14-10-4/h21H,5,7-19H2,1-4,6H3/q+1. The molecule has 0 saturated carbocycles. The van der Waals surface area contributed by atoms with E-state index >= 15 is 0 Å². The molecule has 0 aromatic heterocycles. The van der Waals surface area contributed by atoms with E-state index in [0.717, 1.165) is 51.4 Å². The number of carbonyl (C=O) groups excluding carboxylic acids is 1. The lowest BCUT2D eigenvalue weighted by molar-refractivity contribution is -0.387. The molecule has 0 spiro atoms. The van der Waals surface area contributed by atoms with E-state index in [1.54, 1.807) is 6.92 Å². The summed E-state index contributed by atoms with van der Waals surface area (Å²) in [7, 11) is -2.33. The van der Waals surface area contributed by atoms with Gasteiger partial charge in [0.2, 0.25) is 0 Å². The van der Waals surface area contributed by atoms with E-state index in [0.29, 0.717) is 26.4 Å².